The number of benzene rings is 2. The Bertz CT molecular complexity index is 979. The summed E-state index contributed by atoms with van der Waals surface area (Å²) in [5.41, 5.74) is 2.30. The number of oxazole rings is 1. The Labute approximate surface area is 163 Å². The Balaban J connectivity index is 1.57. The minimum Gasteiger partial charge on any atom is -0.497 e. The maximum Gasteiger partial charge on any atom is 0.371 e. The molecule has 0 aliphatic carbocycles. The molecule has 1 aliphatic heterocycles. The lowest BCUT2D eigenvalue weighted by molar-refractivity contribution is -0.530. The van der Waals surface area contributed by atoms with Crippen LogP contribution in [0.1, 0.15) is 12.0 Å². The van der Waals surface area contributed by atoms with Crippen LogP contribution in [0.5, 0.6) is 11.5 Å². The Morgan fingerprint density at radius 1 is 1.11 bits per heavy atom. The Hall–Kier alpha value is -3.22. The van der Waals surface area contributed by atoms with Gasteiger partial charge in [0.2, 0.25) is 0 Å². The van der Waals surface area contributed by atoms with Crippen LogP contribution in [0, 0.1) is 0 Å². The van der Waals surface area contributed by atoms with Crippen LogP contribution in [-0.2, 0) is 0 Å². The van der Waals surface area contributed by atoms with Crippen molar-refractivity contribution in [1.82, 2.24) is 4.98 Å². The topological polar surface area (TPSA) is 71.0 Å². The highest BCUT2D eigenvalue weighted by Gasteiger charge is 2.26. The smallest absolute Gasteiger partial charge is 0.371 e. The predicted octanol–water partition coefficient (Wildman–Crippen LogP) is 3.07. The van der Waals surface area contributed by atoms with Gasteiger partial charge in [-0.05, 0) is 24.3 Å². The van der Waals surface area contributed by atoms with Crippen LogP contribution in [0.25, 0.3) is 11.1 Å². The van der Waals surface area contributed by atoms with Crippen molar-refractivity contribution in [2.45, 2.75) is 6.42 Å². The zero-order valence-electron chi connectivity index (χ0n) is 16.1. The Morgan fingerprint density at radius 3 is 2.75 bits per heavy atom. The molecule has 0 amide bonds. The van der Waals surface area contributed by atoms with Crippen molar-refractivity contribution < 1.29 is 23.6 Å². The fourth-order valence-corrected chi connectivity index (χ4v) is 3.47. The molecule has 7 heteroatoms. The van der Waals surface area contributed by atoms with Crippen molar-refractivity contribution in [3.63, 3.8) is 0 Å². The number of aliphatic hydroxyl groups is 1. The summed E-state index contributed by atoms with van der Waals surface area (Å²) in [6, 6.07) is 13.8. The fourth-order valence-electron chi connectivity index (χ4n) is 3.47. The van der Waals surface area contributed by atoms with E-state index in [1.54, 1.807) is 20.3 Å². The molecule has 4 rings (SSSR count). The second-order valence-electron chi connectivity index (χ2n) is 6.68. The number of aliphatic hydroxyl groups excluding tert-OH is 1. The first-order valence-electron chi connectivity index (χ1n) is 9.33. The largest absolute Gasteiger partial charge is 0.497 e. The highest BCUT2D eigenvalue weighted by atomic mass is 16.5. The molecule has 1 saturated heterocycles. The van der Waals surface area contributed by atoms with Crippen LogP contribution < -0.4 is 14.4 Å². The summed E-state index contributed by atoms with van der Waals surface area (Å²) >= 11 is 0. The highest BCUT2D eigenvalue weighted by Crippen LogP contribution is 2.25. The number of hydrogen-bond donors (Lipinski definition) is 1. The third kappa shape index (κ3) is 3.47. The predicted molar refractivity (Wildman–Crippen MR) is 107 cm³/mol. The fraction of sp³-hybridized carbons (Fsp3) is 0.333. The first-order chi connectivity index (χ1) is 13.7. The van der Waals surface area contributed by atoms with Gasteiger partial charge in [0.25, 0.3) is 6.01 Å². The van der Waals surface area contributed by atoms with Gasteiger partial charge in [0.15, 0.2) is 12.1 Å². The normalized spacial score (nSPS) is 16.7. The van der Waals surface area contributed by atoms with E-state index in [1.807, 2.05) is 41.0 Å². The van der Waals surface area contributed by atoms with Crippen LogP contribution in [0.15, 0.2) is 46.9 Å². The molecule has 0 spiro atoms. The van der Waals surface area contributed by atoms with E-state index in [9.17, 15) is 5.11 Å². The van der Waals surface area contributed by atoms with Gasteiger partial charge < -0.3 is 23.9 Å². The molecule has 2 heterocycles. The molecule has 0 radical (unpaired) electrons. The van der Waals surface area contributed by atoms with Crippen LogP contribution in [0.2, 0.25) is 0 Å². The number of rotatable bonds is 4. The van der Waals surface area contributed by atoms with Crippen molar-refractivity contribution in [2.75, 3.05) is 45.3 Å². The zero-order chi connectivity index (χ0) is 19.5. The van der Waals surface area contributed by atoms with Gasteiger partial charge in [0.1, 0.15) is 29.1 Å². The summed E-state index contributed by atoms with van der Waals surface area (Å²) in [6.07, 6.45) is 0.876. The first kappa shape index (κ1) is 18.2. The number of hydrogen-bond acceptors (Lipinski definition) is 5. The van der Waals surface area contributed by atoms with E-state index in [4.69, 9.17) is 13.9 Å². The number of nitrogens with zero attached hydrogens (tertiary/aromatic N) is 3. The standard InChI is InChI=1S/C21H23N3O4/c1-26-15-8-9-16(19(14-15)27-2)20(25)23-10-5-11-24(13-12-23)21-22-17-6-3-4-7-18(17)28-21/h3-4,6-9,14H,5,10-13H2,1-2H3/p+1. The molecule has 7 nitrogen and oxygen atoms in total. The molecule has 0 unspecified atom stereocenters. The minimum atomic E-state index is 0.207. The molecule has 3 aromatic rings. The van der Waals surface area contributed by atoms with Gasteiger partial charge in [-0.1, -0.05) is 12.1 Å². The summed E-state index contributed by atoms with van der Waals surface area (Å²) in [6.45, 7) is 2.91. The van der Waals surface area contributed by atoms with E-state index in [0.29, 0.717) is 36.2 Å². The molecule has 146 valence electrons. The van der Waals surface area contributed by atoms with Crippen molar-refractivity contribution >= 4 is 23.0 Å². The van der Waals surface area contributed by atoms with E-state index < -0.39 is 0 Å². The zero-order valence-corrected chi connectivity index (χ0v) is 16.1. The van der Waals surface area contributed by atoms with Gasteiger partial charge in [0, 0.05) is 19.0 Å². The third-order valence-corrected chi connectivity index (χ3v) is 5.00. The monoisotopic (exact) mass is 382 g/mol. The second kappa shape index (κ2) is 7.80. The van der Waals surface area contributed by atoms with Crippen molar-refractivity contribution in [3.8, 4) is 11.5 Å². The van der Waals surface area contributed by atoms with E-state index in [2.05, 4.69) is 9.88 Å². The summed E-state index contributed by atoms with van der Waals surface area (Å²) in [5.74, 6) is 1.47. The number of anilines is 1. The average molecular weight is 382 g/mol. The van der Waals surface area contributed by atoms with Gasteiger partial charge in [-0.3, -0.25) is 0 Å². The van der Waals surface area contributed by atoms with Crippen LogP contribution in [0.4, 0.5) is 6.01 Å². The maximum atomic E-state index is 10.9. The van der Waals surface area contributed by atoms with Gasteiger partial charge >= 0.3 is 5.90 Å². The highest BCUT2D eigenvalue weighted by molar-refractivity contribution is 5.92. The molecule has 0 bridgehead atoms. The number of para-hydroxylation sites is 2. The van der Waals surface area contributed by atoms with Crippen molar-refractivity contribution in [2.24, 2.45) is 0 Å². The van der Waals surface area contributed by atoms with Crippen LogP contribution in [-0.4, -0.2) is 61.0 Å². The van der Waals surface area contributed by atoms with E-state index in [0.717, 1.165) is 30.6 Å². The number of aromatic nitrogens is 1. The molecule has 1 aromatic heterocycles. The maximum absolute atomic E-state index is 10.9. The molecule has 0 saturated carbocycles. The van der Waals surface area contributed by atoms with E-state index >= 15 is 0 Å². The first-order valence-corrected chi connectivity index (χ1v) is 9.33. The number of ether oxygens (including phenoxy) is 2. The number of methoxy groups -OCH3 is 2. The summed E-state index contributed by atoms with van der Waals surface area (Å²) in [5, 5.41) is 10.9. The molecule has 1 N–H and O–H groups in total. The summed E-state index contributed by atoms with van der Waals surface area (Å²) < 4.78 is 18.5. The quantitative estimate of drug-likeness (QED) is 0.552. The Kier molecular flexibility index (Phi) is 5.06. The lowest BCUT2D eigenvalue weighted by atomic mass is 10.2. The SMILES string of the molecule is COc1ccc(C(O)=[N+]2CCCN(c3nc4ccccc4o3)CC2)c(OC)c1. The Morgan fingerprint density at radius 2 is 1.96 bits per heavy atom. The van der Waals surface area contributed by atoms with Crippen molar-refractivity contribution in [1.29, 1.82) is 0 Å². The van der Waals surface area contributed by atoms with Gasteiger partial charge in [-0.15, -0.1) is 0 Å². The lowest BCUT2D eigenvalue weighted by Gasteiger charge is -2.15. The van der Waals surface area contributed by atoms with E-state index in [-0.39, 0.29) is 5.90 Å². The van der Waals surface area contributed by atoms with E-state index in [1.165, 1.54) is 0 Å². The summed E-state index contributed by atoms with van der Waals surface area (Å²) in [4.78, 5) is 6.71. The molecular weight excluding hydrogens is 358 g/mol. The molecule has 0 atom stereocenters. The van der Waals surface area contributed by atoms with Crippen LogP contribution >= 0.6 is 0 Å². The molecule has 1 fully saturated rings. The van der Waals surface area contributed by atoms with Gasteiger partial charge in [0.05, 0.1) is 20.8 Å². The average Bonchev–Trinajstić information content (AvgIpc) is 3.02. The molecule has 1 aliphatic rings. The number of fused-ring (bicyclic) bond motifs is 1. The minimum absolute atomic E-state index is 0.207. The molecular formula is C21H24N3O4+. The molecule has 2 aromatic carbocycles. The third-order valence-electron chi connectivity index (χ3n) is 5.00. The molecule has 28 heavy (non-hydrogen) atoms. The van der Waals surface area contributed by atoms with Crippen LogP contribution in [0.3, 0.4) is 0 Å². The summed E-state index contributed by atoms with van der Waals surface area (Å²) in [7, 11) is 3.19. The van der Waals surface area contributed by atoms with Gasteiger partial charge in [-0.2, -0.15) is 9.56 Å². The van der Waals surface area contributed by atoms with Crippen molar-refractivity contribution in [3.05, 3.63) is 48.0 Å². The lowest BCUT2D eigenvalue weighted by Crippen LogP contribution is -2.29. The second-order valence-corrected chi connectivity index (χ2v) is 6.68. The van der Waals surface area contributed by atoms with Gasteiger partial charge in [-0.25, -0.2) is 0 Å².